The van der Waals surface area contributed by atoms with Gasteiger partial charge in [-0.2, -0.15) is 0 Å². The molecule has 3 unspecified atom stereocenters. The van der Waals surface area contributed by atoms with Gasteiger partial charge in [0.05, 0.1) is 23.3 Å². The second-order valence-corrected chi connectivity index (χ2v) is 28.8. The molecule has 3 aliphatic rings. The van der Waals surface area contributed by atoms with E-state index in [1.807, 2.05) is 129 Å². The zero-order chi connectivity index (χ0) is 84.1. The highest BCUT2D eigenvalue weighted by molar-refractivity contribution is 5.87. The Bertz CT molecular complexity index is 5280. The van der Waals surface area contributed by atoms with Gasteiger partial charge in [-0.1, -0.05) is 204 Å². The van der Waals surface area contributed by atoms with Gasteiger partial charge in [-0.25, -0.2) is 28.8 Å². The molecule has 0 fully saturated rings. The Kier molecular flexibility index (Phi) is 34.8. The average molecular weight is 1600 g/mol. The summed E-state index contributed by atoms with van der Waals surface area (Å²) < 4.78 is 31.8. The van der Waals surface area contributed by atoms with Gasteiger partial charge >= 0.3 is 35.2 Å². The lowest BCUT2D eigenvalue weighted by atomic mass is 9.89. The molecule has 23 heteroatoms. The van der Waals surface area contributed by atoms with E-state index in [1.165, 1.54) is 18.9 Å². The van der Waals surface area contributed by atoms with Crippen molar-refractivity contribution in [3.8, 4) is 17.2 Å². The third-order valence-electron chi connectivity index (χ3n) is 20.0. The normalized spacial score (nSPS) is 13.4. The topological polar surface area (TPSA) is 373 Å². The van der Waals surface area contributed by atoms with E-state index in [0.29, 0.717) is 75.2 Å². The Morgan fingerprint density at radius 3 is 1.13 bits per heavy atom. The van der Waals surface area contributed by atoms with Crippen LogP contribution in [0.4, 0.5) is 42.8 Å². The largest absolute Gasteiger partial charge is 0.507 e. The Balaban J connectivity index is 0.000000168. The summed E-state index contributed by atoms with van der Waals surface area (Å²) in [5.41, 5.74) is 22.1. The molecule has 0 spiro atoms. The predicted octanol–water partition coefficient (Wildman–Crippen LogP) is 19.5. The maximum atomic E-state index is 12.8. The molecule has 616 valence electrons. The Morgan fingerprint density at radius 2 is 0.729 bits per heavy atom. The van der Waals surface area contributed by atoms with Crippen molar-refractivity contribution in [2.75, 3.05) is 27.4 Å². The van der Waals surface area contributed by atoms with Crippen molar-refractivity contribution in [2.45, 2.75) is 174 Å². The zero-order valence-corrected chi connectivity index (χ0v) is 66.7. The number of nitrogen functional groups attached to an aromatic ring is 2. The van der Waals surface area contributed by atoms with E-state index in [0.717, 1.165) is 153 Å². The molecule has 0 saturated carbocycles. The summed E-state index contributed by atoms with van der Waals surface area (Å²) in [4.78, 5) is 92.5. The van der Waals surface area contributed by atoms with Gasteiger partial charge in [0.25, 0.3) is 0 Å². The predicted molar refractivity (Wildman–Crippen MR) is 456 cm³/mol. The van der Waals surface area contributed by atoms with Gasteiger partial charge in [-0.05, 0) is 159 Å². The van der Waals surface area contributed by atoms with E-state index in [9.17, 15) is 58.8 Å². The fourth-order valence-electron chi connectivity index (χ4n) is 13.6. The number of benzene rings is 8. The number of amides is 3. The van der Waals surface area contributed by atoms with Gasteiger partial charge in [0, 0.05) is 87.4 Å². The molecule has 11 aromatic rings. The summed E-state index contributed by atoms with van der Waals surface area (Å²) in [6.07, 6.45) is 16.7. The van der Waals surface area contributed by atoms with Crippen molar-refractivity contribution in [1.29, 1.82) is 0 Å². The third kappa shape index (κ3) is 28.0. The molecule has 0 radical (unpaired) electrons. The number of hydrogen-bond donors (Lipinski definition) is 9. The molecular weight excluding hydrogens is 1500 g/mol. The van der Waals surface area contributed by atoms with Crippen molar-refractivity contribution < 1.29 is 71.9 Å². The molecule has 118 heavy (non-hydrogen) atoms. The molecule has 23 nitrogen and oxygen atoms in total. The van der Waals surface area contributed by atoms with Crippen molar-refractivity contribution in [3.05, 3.63) is 339 Å². The van der Waals surface area contributed by atoms with Crippen LogP contribution >= 0.6 is 0 Å². The molecule has 0 saturated heterocycles. The molecule has 0 bridgehead atoms. The first-order chi connectivity index (χ1) is 57.1. The number of aliphatic hydroxyl groups is 1. The molecule has 3 amide bonds. The molecule has 3 aromatic heterocycles. The van der Waals surface area contributed by atoms with E-state index in [-0.39, 0.29) is 48.6 Å². The number of aliphatic hydroxyl groups excluding tert-OH is 1. The lowest BCUT2D eigenvalue weighted by molar-refractivity contribution is 0.111. The zero-order valence-electron chi connectivity index (χ0n) is 66.7. The van der Waals surface area contributed by atoms with E-state index in [1.54, 1.807) is 104 Å². The summed E-state index contributed by atoms with van der Waals surface area (Å²) in [6, 6.07) is 64.6. The number of ether oxygens (including phenoxy) is 3. The SMILES string of the molecule is CC(O)c1cccc(NC(=O)OCc2ccccc2)c1.CC(c1cccc(N)c1)c1c(O)c2c(oc1=O)CCCCCC2.CC(c1cccc(NC(=O)OCc2ccccc2)c1)c1c(O)c2c(oc1=O)CCCCCC2.Nc1cccc(C=O)c1.O=Cc1cccc(NC(=O)OCc2ccccc2)c1.O=c1cc(O)c2c(o1)CCCCCC2. The number of aryl methyl sites for hydroxylation is 3. The Hall–Kier alpha value is -13.3. The molecule has 3 atom stereocenters. The number of anilines is 5. The van der Waals surface area contributed by atoms with Gasteiger partial charge in [0.15, 0.2) is 0 Å². The smallest absolute Gasteiger partial charge is 0.411 e. The number of aromatic hydroxyl groups is 3. The number of fused-ring (bicyclic) bond motifs is 3. The van der Waals surface area contributed by atoms with Gasteiger partial charge in [0.1, 0.15) is 66.9 Å². The van der Waals surface area contributed by atoms with Crippen LogP contribution in [0.3, 0.4) is 0 Å². The van der Waals surface area contributed by atoms with Crippen LogP contribution in [0.15, 0.2) is 246 Å². The number of nitrogens with one attached hydrogen (secondary N) is 3. The van der Waals surface area contributed by atoms with E-state index in [4.69, 9.17) is 38.9 Å². The van der Waals surface area contributed by atoms with E-state index in [2.05, 4.69) is 16.0 Å². The quantitative estimate of drug-likeness (QED) is 0.0246. The third-order valence-corrected chi connectivity index (χ3v) is 20.0. The minimum absolute atomic E-state index is 0.0521. The highest BCUT2D eigenvalue weighted by Crippen LogP contribution is 2.38. The number of rotatable bonds is 16. The van der Waals surface area contributed by atoms with Crippen molar-refractivity contribution in [3.63, 3.8) is 0 Å². The maximum Gasteiger partial charge on any atom is 0.411 e. The van der Waals surface area contributed by atoms with Gasteiger partial charge < -0.3 is 59.4 Å². The highest BCUT2D eigenvalue weighted by Gasteiger charge is 2.27. The van der Waals surface area contributed by atoms with Gasteiger partial charge in [0.2, 0.25) is 0 Å². The minimum Gasteiger partial charge on any atom is -0.507 e. The second-order valence-electron chi connectivity index (χ2n) is 28.8. The monoisotopic (exact) mass is 1600 g/mol. The van der Waals surface area contributed by atoms with Crippen LogP contribution in [-0.4, -0.2) is 51.3 Å². The van der Waals surface area contributed by atoms with Crippen LogP contribution in [0.25, 0.3) is 0 Å². The number of carbonyl (C=O) groups is 5. The summed E-state index contributed by atoms with van der Waals surface area (Å²) >= 11 is 0. The van der Waals surface area contributed by atoms with E-state index >= 15 is 0 Å². The van der Waals surface area contributed by atoms with Crippen LogP contribution in [0.2, 0.25) is 0 Å². The van der Waals surface area contributed by atoms with Crippen LogP contribution in [0.5, 0.6) is 17.2 Å². The second kappa shape index (κ2) is 46.3. The molecular formula is C95H103N5O18. The van der Waals surface area contributed by atoms with Crippen LogP contribution in [0.1, 0.15) is 215 Å². The van der Waals surface area contributed by atoms with Crippen LogP contribution < -0.4 is 44.3 Å². The number of aldehydes is 2. The van der Waals surface area contributed by atoms with Crippen molar-refractivity contribution in [2.24, 2.45) is 0 Å². The first kappa shape index (κ1) is 88.7. The lowest BCUT2D eigenvalue weighted by Gasteiger charge is -2.19. The van der Waals surface area contributed by atoms with Crippen molar-refractivity contribution >= 4 is 59.3 Å². The maximum absolute atomic E-state index is 12.8. The fourth-order valence-corrected chi connectivity index (χ4v) is 13.6. The summed E-state index contributed by atoms with van der Waals surface area (Å²) in [5.74, 6) is 1.59. The van der Waals surface area contributed by atoms with Gasteiger partial charge in [-0.3, -0.25) is 25.5 Å². The summed E-state index contributed by atoms with van der Waals surface area (Å²) in [7, 11) is 0. The molecule has 11 N–H and O–H groups in total. The molecule has 0 aliphatic heterocycles. The molecule has 3 heterocycles. The molecule has 14 rings (SSSR count). The minimum atomic E-state index is -0.572. The number of nitrogens with two attached hydrogens (primary N) is 2. The van der Waals surface area contributed by atoms with Crippen LogP contribution in [-0.2, 0) is 72.6 Å². The molecule has 3 aliphatic carbocycles. The standard InChI is InChI=1S/C27H29NO5.C19H23NO3.C16H17NO3.C15H13NO3.C11H14O3.C7H7NO/c1-18(24-25(29)22-14-7-2-3-8-15-23(22)33-26(24)30)20-12-9-13-21(16-20)28-27(31)32-17-19-10-5-4-6-11-19;1-12(13-7-6-8-14(20)11-13)17-18(21)15-9-4-2-3-5-10-16(15)23-19(17)22;1-12(18)14-8-5-9-15(10-14)17-16(19)20-11-13-6-3-2-4-7-13;17-10-13-7-4-8-14(9-13)16-15(18)19-11-12-5-2-1-3-6-12;12-9-7-11(13)14-10-6-4-2-1-3-5-8(9)10;8-7-3-1-2-6(4-7)5-9/h4-6,9-13,16,18,29H,2-3,7-8,14-15,17H2,1H3,(H,28,31);6-8,11-12,21H,2-5,9-10,20H2,1H3;2-10,12,18H,11H2,1H3,(H,17,19);1-10H,11H2,(H,16,18);7,12H,1-6H2;1-5H,8H2. The fraction of sp³-hybridized carbons (Fsp3) is 0.284. The molecule has 8 aromatic carbocycles. The average Bonchev–Trinajstić information content (AvgIpc) is 0.785. The number of carbonyl (C=O) groups excluding carboxylic acids is 5. The Morgan fingerprint density at radius 1 is 0.390 bits per heavy atom. The van der Waals surface area contributed by atoms with Crippen molar-refractivity contribution in [1.82, 2.24) is 0 Å². The van der Waals surface area contributed by atoms with E-state index < -0.39 is 47.2 Å². The summed E-state index contributed by atoms with van der Waals surface area (Å²) in [5, 5.41) is 48.8. The lowest BCUT2D eigenvalue weighted by Crippen LogP contribution is -2.17. The van der Waals surface area contributed by atoms with Gasteiger partial charge in [-0.15, -0.1) is 0 Å². The number of hydrogen-bond acceptors (Lipinski definition) is 20. The first-order valence-corrected chi connectivity index (χ1v) is 39.8. The Labute approximate surface area is 685 Å². The highest BCUT2D eigenvalue weighted by atomic mass is 16.6. The first-order valence-electron chi connectivity index (χ1n) is 39.8. The van der Waals surface area contributed by atoms with Crippen LogP contribution in [0, 0.1) is 0 Å². The summed E-state index contributed by atoms with van der Waals surface area (Å²) in [6.45, 7) is 6.03.